The molecule has 5 heteroatoms. The summed E-state index contributed by atoms with van der Waals surface area (Å²) in [7, 11) is 0. The third-order valence-electron chi connectivity index (χ3n) is 2.64. The van der Waals surface area contributed by atoms with E-state index in [0.29, 0.717) is 0 Å². The van der Waals surface area contributed by atoms with Crippen molar-refractivity contribution in [3.63, 3.8) is 0 Å². The molecule has 18 heavy (non-hydrogen) atoms. The molecular weight excluding hydrogens is 243 g/mol. The van der Waals surface area contributed by atoms with Crippen LogP contribution in [-0.2, 0) is 12.7 Å². The van der Waals surface area contributed by atoms with Gasteiger partial charge in [-0.1, -0.05) is 19.4 Å². The van der Waals surface area contributed by atoms with Gasteiger partial charge in [0, 0.05) is 6.54 Å². The molecule has 1 aromatic rings. The van der Waals surface area contributed by atoms with Crippen molar-refractivity contribution in [2.75, 3.05) is 0 Å². The summed E-state index contributed by atoms with van der Waals surface area (Å²) in [6, 6.07) is 3.93. The van der Waals surface area contributed by atoms with E-state index in [2.05, 4.69) is 0 Å². The zero-order valence-electron chi connectivity index (χ0n) is 10.6. The third-order valence-corrected chi connectivity index (χ3v) is 2.64. The fraction of sp³-hybridized carbons (Fsp3) is 0.538. The average Bonchev–Trinajstić information content (AvgIpc) is 2.28. The molecule has 0 bridgehead atoms. The van der Waals surface area contributed by atoms with Gasteiger partial charge in [0.1, 0.15) is 5.75 Å². The van der Waals surface area contributed by atoms with Gasteiger partial charge in [0.2, 0.25) is 0 Å². The van der Waals surface area contributed by atoms with Crippen molar-refractivity contribution in [1.82, 2.24) is 0 Å². The number of halogens is 3. The molecule has 1 atom stereocenters. The predicted molar refractivity (Wildman–Crippen MR) is 64.3 cm³/mol. The molecule has 1 rings (SSSR count). The Balaban J connectivity index is 2.96. The molecule has 2 N–H and O–H groups in total. The fourth-order valence-corrected chi connectivity index (χ4v) is 1.77. The number of ether oxygens (including phenoxy) is 1. The number of benzene rings is 1. The predicted octanol–water partition coefficient (Wildman–Crippen LogP) is 3.73. The highest BCUT2D eigenvalue weighted by Crippen LogP contribution is 2.34. The van der Waals surface area contributed by atoms with E-state index in [0.717, 1.165) is 18.9 Å². The summed E-state index contributed by atoms with van der Waals surface area (Å²) in [6.07, 6.45) is -2.77. The molecule has 0 radical (unpaired) electrons. The molecule has 0 aliphatic carbocycles. The largest absolute Gasteiger partial charge is 0.491 e. The van der Waals surface area contributed by atoms with Crippen LogP contribution in [0.3, 0.4) is 0 Å². The highest BCUT2D eigenvalue weighted by molar-refractivity contribution is 5.37. The highest BCUT2D eigenvalue weighted by atomic mass is 19.4. The van der Waals surface area contributed by atoms with Crippen LogP contribution in [0, 0.1) is 0 Å². The van der Waals surface area contributed by atoms with Crippen LogP contribution in [0.15, 0.2) is 18.2 Å². The first-order valence-electron chi connectivity index (χ1n) is 5.95. The molecule has 0 aliphatic rings. The highest BCUT2D eigenvalue weighted by Gasteiger charge is 2.33. The Hall–Kier alpha value is -1.23. The van der Waals surface area contributed by atoms with Gasteiger partial charge in [0.05, 0.1) is 11.7 Å². The second-order valence-corrected chi connectivity index (χ2v) is 4.24. The van der Waals surface area contributed by atoms with Gasteiger partial charge in [-0.15, -0.1) is 0 Å². The Morgan fingerprint density at radius 1 is 1.33 bits per heavy atom. The molecule has 0 aliphatic heterocycles. The van der Waals surface area contributed by atoms with Crippen molar-refractivity contribution in [3.8, 4) is 5.75 Å². The zero-order valence-corrected chi connectivity index (χ0v) is 10.6. The summed E-state index contributed by atoms with van der Waals surface area (Å²) in [6.45, 7) is 3.70. The molecule has 0 saturated heterocycles. The summed E-state index contributed by atoms with van der Waals surface area (Å²) in [5.74, 6) is 0.237. The van der Waals surface area contributed by atoms with Crippen molar-refractivity contribution in [1.29, 1.82) is 0 Å². The van der Waals surface area contributed by atoms with Crippen molar-refractivity contribution < 1.29 is 17.9 Å². The average molecular weight is 261 g/mol. The number of nitrogens with two attached hydrogens (primary N) is 1. The van der Waals surface area contributed by atoms with E-state index in [1.165, 1.54) is 12.1 Å². The van der Waals surface area contributed by atoms with Crippen LogP contribution in [0.2, 0.25) is 0 Å². The lowest BCUT2D eigenvalue weighted by Gasteiger charge is -2.17. The molecule has 0 amide bonds. The number of hydrogen-bond donors (Lipinski definition) is 1. The van der Waals surface area contributed by atoms with E-state index in [9.17, 15) is 13.2 Å². The molecule has 0 aromatic heterocycles. The Morgan fingerprint density at radius 3 is 2.50 bits per heavy atom. The van der Waals surface area contributed by atoms with Crippen molar-refractivity contribution in [2.24, 2.45) is 5.73 Å². The van der Waals surface area contributed by atoms with Gasteiger partial charge in [0.25, 0.3) is 0 Å². The molecule has 1 unspecified atom stereocenters. The first kappa shape index (κ1) is 14.8. The quantitative estimate of drug-likeness (QED) is 0.876. The van der Waals surface area contributed by atoms with Crippen LogP contribution in [0.25, 0.3) is 0 Å². The second-order valence-electron chi connectivity index (χ2n) is 4.24. The van der Waals surface area contributed by atoms with E-state index in [1.807, 2.05) is 13.8 Å². The molecule has 0 spiro atoms. The minimum absolute atomic E-state index is 0.0815. The van der Waals surface area contributed by atoms with Crippen LogP contribution in [0.4, 0.5) is 13.2 Å². The van der Waals surface area contributed by atoms with E-state index < -0.39 is 11.7 Å². The van der Waals surface area contributed by atoms with Gasteiger partial charge in [-0.25, -0.2) is 0 Å². The summed E-state index contributed by atoms with van der Waals surface area (Å²) >= 11 is 0. The normalized spacial score (nSPS) is 13.4. The van der Waals surface area contributed by atoms with Gasteiger partial charge in [-0.05, 0) is 31.0 Å². The van der Waals surface area contributed by atoms with Gasteiger partial charge in [-0.2, -0.15) is 13.2 Å². The second kappa shape index (κ2) is 6.09. The molecular formula is C13H18F3NO. The molecule has 0 fully saturated rings. The lowest BCUT2D eigenvalue weighted by atomic mass is 10.1. The lowest BCUT2D eigenvalue weighted by molar-refractivity contribution is -0.138. The first-order valence-corrected chi connectivity index (χ1v) is 5.95. The molecule has 2 nitrogen and oxygen atoms in total. The standard InChI is InChI=1S/C13H18F3NO/c1-3-4-9(2)18-11-6-5-10(8-17)12(7-11)13(14,15)16/h5-7,9H,3-4,8,17H2,1-2H3. The maximum atomic E-state index is 12.8. The summed E-state index contributed by atoms with van der Waals surface area (Å²) in [5, 5.41) is 0. The number of rotatable bonds is 5. The summed E-state index contributed by atoms with van der Waals surface area (Å²) in [4.78, 5) is 0. The molecule has 1 aromatic carbocycles. The first-order chi connectivity index (χ1) is 8.38. The van der Waals surface area contributed by atoms with Gasteiger partial charge < -0.3 is 10.5 Å². The Morgan fingerprint density at radius 2 is 2.00 bits per heavy atom. The molecule has 0 saturated carbocycles. The van der Waals surface area contributed by atoms with Crippen LogP contribution in [0.5, 0.6) is 5.75 Å². The Labute approximate surface area is 105 Å². The van der Waals surface area contributed by atoms with Crippen LogP contribution >= 0.6 is 0 Å². The summed E-state index contributed by atoms with van der Waals surface area (Å²) < 4.78 is 43.8. The SMILES string of the molecule is CCCC(C)Oc1ccc(CN)c(C(F)(F)F)c1. The van der Waals surface area contributed by atoms with Crippen LogP contribution in [-0.4, -0.2) is 6.10 Å². The van der Waals surface area contributed by atoms with E-state index in [4.69, 9.17) is 10.5 Å². The van der Waals surface area contributed by atoms with E-state index in [-0.39, 0.29) is 24.0 Å². The monoisotopic (exact) mass is 261 g/mol. The fourth-order valence-electron chi connectivity index (χ4n) is 1.77. The van der Waals surface area contributed by atoms with Crippen LogP contribution < -0.4 is 10.5 Å². The van der Waals surface area contributed by atoms with Gasteiger partial charge >= 0.3 is 6.18 Å². The van der Waals surface area contributed by atoms with Crippen molar-refractivity contribution >= 4 is 0 Å². The van der Waals surface area contributed by atoms with Crippen molar-refractivity contribution in [2.45, 2.75) is 45.5 Å². The van der Waals surface area contributed by atoms with E-state index >= 15 is 0 Å². The zero-order chi connectivity index (χ0) is 13.8. The van der Waals surface area contributed by atoms with E-state index in [1.54, 1.807) is 0 Å². The van der Waals surface area contributed by atoms with Crippen molar-refractivity contribution in [3.05, 3.63) is 29.3 Å². The summed E-state index contributed by atoms with van der Waals surface area (Å²) in [5.41, 5.74) is 4.67. The Kier molecular flexibility index (Phi) is 5.02. The smallest absolute Gasteiger partial charge is 0.416 e. The Bertz CT molecular complexity index is 390. The molecule has 0 heterocycles. The lowest BCUT2D eigenvalue weighted by Crippen LogP contribution is -2.15. The minimum Gasteiger partial charge on any atom is -0.491 e. The van der Waals surface area contributed by atoms with Gasteiger partial charge in [-0.3, -0.25) is 0 Å². The maximum Gasteiger partial charge on any atom is 0.416 e. The molecule has 102 valence electrons. The van der Waals surface area contributed by atoms with Crippen LogP contribution in [0.1, 0.15) is 37.8 Å². The number of alkyl halides is 3. The topological polar surface area (TPSA) is 35.2 Å². The minimum atomic E-state index is -4.40. The third kappa shape index (κ3) is 3.91. The van der Waals surface area contributed by atoms with Gasteiger partial charge in [0.15, 0.2) is 0 Å². The maximum absolute atomic E-state index is 12.8. The number of hydrogen-bond acceptors (Lipinski definition) is 2.